The van der Waals surface area contributed by atoms with E-state index in [2.05, 4.69) is 27.8 Å². The molecule has 1 fully saturated rings. The SMILES string of the molecule is C#C[C@@H]1CN(C[C@@H](Oc2cc(C)c(C(=O)Nc3ccn(C)n3)cc2[S-](C)#[O+])c2ccc(C)c(F)c2)CCN1C(=O)C=C. The van der Waals surface area contributed by atoms with Crippen molar-refractivity contribution in [2.45, 2.75) is 30.9 Å². The van der Waals surface area contributed by atoms with Crippen LogP contribution in [0.15, 0.2) is 60.1 Å². The first-order chi connectivity index (χ1) is 20.0. The fourth-order valence-corrected chi connectivity index (χ4v) is 5.50. The minimum absolute atomic E-state index is 0.233. The van der Waals surface area contributed by atoms with Gasteiger partial charge in [0.25, 0.3) is 0 Å². The molecule has 4 rings (SSSR count). The van der Waals surface area contributed by atoms with E-state index in [0.717, 1.165) is 0 Å². The van der Waals surface area contributed by atoms with Crippen molar-refractivity contribution in [1.29, 1.82) is 0 Å². The van der Waals surface area contributed by atoms with Gasteiger partial charge in [0.05, 0.1) is 0 Å². The molecule has 3 aromatic rings. The average molecular weight is 592 g/mol. The number of terminal acetylenes is 1. The van der Waals surface area contributed by atoms with Crippen LogP contribution in [0.2, 0.25) is 0 Å². The van der Waals surface area contributed by atoms with Gasteiger partial charge in [0.15, 0.2) is 0 Å². The third-order valence-corrected chi connectivity index (χ3v) is 8.11. The number of aromatic nitrogens is 2. The number of piperazine rings is 1. The molecule has 1 aromatic heterocycles. The summed E-state index contributed by atoms with van der Waals surface area (Å²) in [5.74, 6) is 2.39. The van der Waals surface area contributed by atoms with Crippen LogP contribution in [0.3, 0.4) is 0 Å². The molecule has 0 bridgehead atoms. The summed E-state index contributed by atoms with van der Waals surface area (Å²) in [6.45, 7) is 8.64. The summed E-state index contributed by atoms with van der Waals surface area (Å²) >= 11 is 0. The zero-order valence-electron chi connectivity index (χ0n) is 24.1. The monoisotopic (exact) mass is 591 g/mol. The minimum Gasteiger partial charge on any atom is -0.0936 e. The molecule has 2 amide bonds. The first-order valence-corrected chi connectivity index (χ1v) is 14.9. The van der Waals surface area contributed by atoms with Crippen LogP contribution in [0.4, 0.5) is 10.2 Å². The van der Waals surface area contributed by atoms with Gasteiger partial charge in [-0.25, -0.2) is 0 Å². The molecule has 2 aromatic carbocycles. The van der Waals surface area contributed by atoms with Crippen LogP contribution >= 0.6 is 0 Å². The van der Waals surface area contributed by atoms with E-state index in [-0.39, 0.29) is 11.7 Å². The molecule has 2 atom stereocenters. The summed E-state index contributed by atoms with van der Waals surface area (Å²) in [4.78, 5) is 29.3. The van der Waals surface area contributed by atoms with Gasteiger partial charge in [0.2, 0.25) is 0 Å². The predicted molar refractivity (Wildman–Crippen MR) is 160 cm³/mol. The van der Waals surface area contributed by atoms with E-state index in [9.17, 15) is 18.0 Å². The third kappa shape index (κ3) is 7.02. The van der Waals surface area contributed by atoms with Gasteiger partial charge < -0.3 is 0 Å². The third-order valence-electron chi connectivity index (χ3n) is 7.18. The molecule has 0 saturated carbocycles. The summed E-state index contributed by atoms with van der Waals surface area (Å²) in [6, 6.07) is 9.35. The maximum absolute atomic E-state index is 14.7. The Bertz CT molecular complexity index is 1640. The van der Waals surface area contributed by atoms with Crippen LogP contribution in [-0.4, -0.2) is 69.9 Å². The van der Waals surface area contributed by atoms with Gasteiger partial charge in [-0.2, -0.15) is 0 Å². The number of nitrogens with one attached hydrogen (secondary N) is 1. The predicted octanol–water partition coefficient (Wildman–Crippen LogP) is 3.83. The number of ether oxygens (including phenoxy) is 1. The number of carbonyl (C=O) groups excluding carboxylic acids is 2. The van der Waals surface area contributed by atoms with Gasteiger partial charge in [-0.15, -0.1) is 0 Å². The Labute approximate surface area is 247 Å². The molecule has 220 valence electrons. The Balaban J connectivity index is 1.65. The normalized spacial score (nSPS) is 16.1. The number of carbonyl (C=O) groups is 2. The van der Waals surface area contributed by atoms with E-state index in [1.54, 1.807) is 67.0 Å². The van der Waals surface area contributed by atoms with Crippen molar-refractivity contribution in [2.24, 2.45) is 7.05 Å². The molecule has 9 nitrogen and oxygen atoms in total. The van der Waals surface area contributed by atoms with Crippen molar-refractivity contribution in [1.82, 2.24) is 19.6 Å². The van der Waals surface area contributed by atoms with Crippen molar-refractivity contribution in [3.63, 3.8) is 0 Å². The number of halogens is 1. The zero-order chi connectivity index (χ0) is 30.6. The van der Waals surface area contributed by atoms with Crippen molar-refractivity contribution in [3.8, 4) is 18.1 Å². The molecule has 1 aliphatic rings. The maximum atomic E-state index is 14.7. The van der Waals surface area contributed by atoms with Crippen LogP contribution < -0.4 is 10.1 Å². The van der Waals surface area contributed by atoms with Crippen molar-refractivity contribution in [3.05, 3.63) is 83.3 Å². The summed E-state index contributed by atoms with van der Waals surface area (Å²) in [5, 5.41) is 6.93. The van der Waals surface area contributed by atoms with Gasteiger partial charge in [0, 0.05) is 0 Å². The van der Waals surface area contributed by atoms with E-state index in [1.165, 1.54) is 18.4 Å². The number of benzene rings is 2. The van der Waals surface area contributed by atoms with E-state index in [1.807, 2.05) is 0 Å². The summed E-state index contributed by atoms with van der Waals surface area (Å²) < 4.78 is 35.6. The molecule has 42 heavy (non-hydrogen) atoms. The molecule has 0 unspecified atom stereocenters. The Morgan fingerprint density at radius 2 is 2.05 bits per heavy atom. The van der Waals surface area contributed by atoms with Gasteiger partial charge >= 0.3 is 241 Å². The topological polar surface area (TPSA) is 99.6 Å². The van der Waals surface area contributed by atoms with Crippen molar-refractivity contribution in [2.75, 3.05) is 37.8 Å². The van der Waals surface area contributed by atoms with Crippen LogP contribution in [-0.2, 0) is 26.5 Å². The molecular formula is C31H34FN5O4S. The molecule has 1 N–H and O–H groups in total. The van der Waals surface area contributed by atoms with E-state index in [4.69, 9.17) is 11.2 Å². The quantitative estimate of drug-likeness (QED) is 0.186. The van der Waals surface area contributed by atoms with Crippen molar-refractivity contribution < 1.29 is 22.8 Å². The first kappa shape index (κ1) is 30.8. The van der Waals surface area contributed by atoms with Crippen LogP contribution in [0.25, 0.3) is 0 Å². The fourth-order valence-electron chi connectivity index (χ4n) is 4.83. The number of anilines is 1. The number of nitrogens with zero attached hydrogens (tertiary/aromatic N) is 4. The second-order valence-corrected chi connectivity index (χ2v) is 11.5. The molecule has 1 aliphatic heterocycles. The van der Waals surface area contributed by atoms with Gasteiger partial charge in [-0.3, -0.25) is 0 Å². The Hall–Kier alpha value is -4.11. The molecule has 0 spiro atoms. The average Bonchev–Trinajstić information content (AvgIpc) is 3.37. The van der Waals surface area contributed by atoms with E-state index >= 15 is 0 Å². The summed E-state index contributed by atoms with van der Waals surface area (Å²) in [6.07, 6.45) is 9.54. The number of amides is 2. The number of hydrogen-bond donors (Lipinski definition) is 1. The zero-order valence-corrected chi connectivity index (χ0v) is 24.9. The molecule has 0 aliphatic carbocycles. The summed E-state index contributed by atoms with van der Waals surface area (Å²) in [5.41, 5.74) is 2.01. The van der Waals surface area contributed by atoms with Crippen LogP contribution in [0.5, 0.6) is 5.75 Å². The standard InChI is InChI=1S/C31H34FN5O4S/c1-7-23-18-36(13-14-37(23)30(38)8-2)19-27(22-10-9-20(3)25(32)16-22)41-26-15-21(4)24(17-28(26)42(6)40)31(39)33-29-11-12-35(5)34-29/h1,8-12,15-17,23,27H,2,13-14,18-19H2,3-6H3,(H,33,34,39)/t23-,27-/m1/s1. The van der Waals surface area contributed by atoms with Crippen LogP contribution in [0, 0.1) is 32.0 Å². The second-order valence-electron chi connectivity index (χ2n) is 10.2. The van der Waals surface area contributed by atoms with Crippen LogP contribution in [0.1, 0.15) is 33.2 Å². The fraction of sp³-hybridized carbons (Fsp3) is 0.323. The Morgan fingerprint density at radius 3 is 2.67 bits per heavy atom. The van der Waals surface area contributed by atoms with Gasteiger partial charge in [-0.1, -0.05) is 6.58 Å². The second kappa shape index (κ2) is 13.2. The molecule has 1 saturated heterocycles. The number of rotatable bonds is 8. The molecule has 0 radical (unpaired) electrons. The number of aryl methyl sites for hydroxylation is 3. The first-order valence-electron chi connectivity index (χ1n) is 13.3. The molecule has 2 heterocycles. The number of hydrogen-bond acceptors (Lipinski definition) is 6. The van der Waals surface area contributed by atoms with E-state index < -0.39 is 28.7 Å². The van der Waals surface area contributed by atoms with Crippen molar-refractivity contribution >= 4 is 28.3 Å². The minimum atomic E-state index is -1.52. The Kier molecular flexibility index (Phi) is 9.73. The molecule has 11 heteroatoms. The van der Waals surface area contributed by atoms with E-state index in [0.29, 0.717) is 64.9 Å². The summed E-state index contributed by atoms with van der Waals surface area (Å²) in [7, 11) is 0.229. The van der Waals surface area contributed by atoms with Gasteiger partial charge in [0.1, 0.15) is 0 Å². The van der Waals surface area contributed by atoms with Gasteiger partial charge in [-0.05, 0) is 0 Å². The smallest absolute Gasteiger partial charge is 0.0936 e. The Morgan fingerprint density at radius 1 is 1.29 bits per heavy atom. The molecular weight excluding hydrogens is 557 g/mol.